The van der Waals surface area contributed by atoms with Gasteiger partial charge >= 0.3 is 0 Å². The number of nitrogens with zero attached hydrogens (tertiary/aromatic N) is 3. The maximum absolute atomic E-state index is 12.9. The van der Waals surface area contributed by atoms with Crippen LogP contribution in [0.5, 0.6) is 0 Å². The molecule has 2 heterocycles. The second-order valence-electron chi connectivity index (χ2n) is 5.77. The van der Waals surface area contributed by atoms with Crippen molar-refractivity contribution in [2.24, 2.45) is 0 Å². The van der Waals surface area contributed by atoms with Crippen LogP contribution in [0.2, 0.25) is 0 Å². The molecular formula is C20H14FN5O. The summed E-state index contributed by atoms with van der Waals surface area (Å²) < 4.78 is 12.9. The Bertz CT molecular complexity index is 1090. The van der Waals surface area contributed by atoms with Crippen molar-refractivity contribution in [1.82, 2.24) is 15.2 Å². The first-order valence-electron chi connectivity index (χ1n) is 8.20. The minimum Gasteiger partial charge on any atom is -0.337 e. The van der Waals surface area contributed by atoms with E-state index in [1.807, 2.05) is 30.3 Å². The Morgan fingerprint density at radius 1 is 0.889 bits per heavy atom. The Hall–Kier alpha value is -3.87. The lowest BCUT2D eigenvalue weighted by molar-refractivity contribution is 0.102. The van der Waals surface area contributed by atoms with Gasteiger partial charge in [-0.1, -0.05) is 18.2 Å². The number of amides is 1. The Balaban J connectivity index is 1.50. The zero-order chi connectivity index (χ0) is 18.6. The molecule has 2 N–H and O–H groups in total. The number of benzene rings is 2. The van der Waals surface area contributed by atoms with Gasteiger partial charge in [-0.2, -0.15) is 0 Å². The summed E-state index contributed by atoms with van der Waals surface area (Å²) in [5.74, 6) is -0.301. The van der Waals surface area contributed by atoms with Gasteiger partial charge in [0.1, 0.15) is 5.82 Å². The van der Waals surface area contributed by atoms with Crippen LogP contribution in [0.4, 0.5) is 21.6 Å². The maximum Gasteiger partial charge on any atom is 0.276 e. The molecule has 4 aromatic rings. The highest BCUT2D eigenvalue weighted by atomic mass is 19.1. The summed E-state index contributed by atoms with van der Waals surface area (Å²) in [5, 5.41) is 14.8. The molecule has 0 unspecified atom stereocenters. The first kappa shape index (κ1) is 16.6. The van der Waals surface area contributed by atoms with Crippen LogP contribution in [-0.2, 0) is 0 Å². The standard InChI is InChI=1S/C20H14FN5O/c21-14-6-8-15(9-7-14)23-20(27)17-10-11-18(26-25-17)24-16-5-1-3-13-4-2-12-22-19(13)16/h1-12H,(H,23,27)(H,24,26). The molecule has 1 amide bonds. The van der Waals surface area contributed by atoms with Crippen molar-refractivity contribution in [3.63, 3.8) is 0 Å². The molecular weight excluding hydrogens is 345 g/mol. The molecule has 0 spiro atoms. The van der Waals surface area contributed by atoms with Crippen molar-refractivity contribution < 1.29 is 9.18 Å². The molecule has 0 atom stereocenters. The van der Waals surface area contributed by atoms with E-state index in [9.17, 15) is 9.18 Å². The molecule has 2 aromatic carbocycles. The molecule has 0 radical (unpaired) electrons. The summed E-state index contributed by atoms with van der Waals surface area (Å²) in [6, 6.07) is 18.4. The molecule has 0 saturated carbocycles. The average Bonchev–Trinajstić information content (AvgIpc) is 2.70. The van der Waals surface area contributed by atoms with Crippen LogP contribution in [0.15, 0.2) is 72.9 Å². The van der Waals surface area contributed by atoms with E-state index in [2.05, 4.69) is 25.8 Å². The second-order valence-corrected chi connectivity index (χ2v) is 5.77. The predicted octanol–water partition coefficient (Wildman–Crippen LogP) is 4.16. The van der Waals surface area contributed by atoms with E-state index in [4.69, 9.17) is 0 Å². The fourth-order valence-electron chi connectivity index (χ4n) is 2.59. The van der Waals surface area contributed by atoms with Crippen molar-refractivity contribution >= 4 is 34.0 Å². The molecule has 6 nitrogen and oxygen atoms in total. The Kier molecular flexibility index (Phi) is 4.40. The van der Waals surface area contributed by atoms with Gasteiger partial charge in [-0.25, -0.2) is 4.39 Å². The van der Waals surface area contributed by atoms with Gasteiger partial charge in [0.25, 0.3) is 5.91 Å². The summed E-state index contributed by atoms with van der Waals surface area (Å²) in [5.41, 5.74) is 2.25. The Labute approximate surface area is 154 Å². The Morgan fingerprint density at radius 3 is 2.48 bits per heavy atom. The summed E-state index contributed by atoms with van der Waals surface area (Å²) in [7, 11) is 0. The number of carbonyl (C=O) groups is 1. The number of carbonyl (C=O) groups excluding carboxylic acids is 1. The van der Waals surface area contributed by atoms with Crippen molar-refractivity contribution in [2.45, 2.75) is 0 Å². The van der Waals surface area contributed by atoms with Gasteiger partial charge in [0, 0.05) is 17.3 Å². The van der Waals surface area contributed by atoms with Crippen LogP contribution in [0.1, 0.15) is 10.5 Å². The van der Waals surface area contributed by atoms with Gasteiger partial charge < -0.3 is 10.6 Å². The minimum atomic E-state index is -0.424. The largest absolute Gasteiger partial charge is 0.337 e. The van der Waals surface area contributed by atoms with Gasteiger partial charge in [0.2, 0.25) is 0 Å². The Morgan fingerprint density at radius 2 is 1.70 bits per heavy atom. The fourth-order valence-corrected chi connectivity index (χ4v) is 2.59. The molecule has 0 bridgehead atoms. The first-order valence-corrected chi connectivity index (χ1v) is 8.20. The van der Waals surface area contributed by atoms with E-state index in [1.165, 1.54) is 24.3 Å². The van der Waals surface area contributed by atoms with Gasteiger partial charge in [-0.15, -0.1) is 10.2 Å². The SMILES string of the molecule is O=C(Nc1ccc(F)cc1)c1ccc(Nc2cccc3cccnc23)nn1. The number of anilines is 3. The zero-order valence-electron chi connectivity index (χ0n) is 14.1. The van der Waals surface area contributed by atoms with Crippen LogP contribution in [0, 0.1) is 5.82 Å². The van der Waals surface area contributed by atoms with E-state index in [0.29, 0.717) is 11.5 Å². The average molecular weight is 359 g/mol. The number of nitrogens with one attached hydrogen (secondary N) is 2. The number of hydrogen-bond acceptors (Lipinski definition) is 5. The summed E-state index contributed by atoms with van der Waals surface area (Å²) >= 11 is 0. The van der Waals surface area contributed by atoms with Crippen molar-refractivity contribution in [1.29, 1.82) is 0 Å². The van der Waals surface area contributed by atoms with Crippen LogP contribution in [0.25, 0.3) is 10.9 Å². The molecule has 7 heteroatoms. The van der Waals surface area contributed by atoms with Gasteiger partial charge in [-0.05, 0) is 48.5 Å². The third-order valence-corrected chi connectivity index (χ3v) is 3.89. The molecule has 4 rings (SSSR count). The van der Waals surface area contributed by atoms with E-state index in [1.54, 1.807) is 18.3 Å². The van der Waals surface area contributed by atoms with Crippen LogP contribution in [-0.4, -0.2) is 21.1 Å². The lowest BCUT2D eigenvalue weighted by atomic mass is 10.2. The predicted molar refractivity (Wildman–Crippen MR) is 101 cm³/mol. The number of aromatic nitrogens is 3. The van der Waals surface area contributed by atoms with E-state index < -0.39 is 5.91 Å². The molecule has 0 saturated heterocycles. The molecule has 0 aliphatic heterocycles. The van der Waals surface area contributed by atoms with Crippen molar-refractivity contribution in [3.8, 4) is 0 Å². The number of halogens is 1. The number of fused-ring (bicyclic) bond motifs is 1. The highest BCUT2D eigenvalue weighted by molar-refractivity contribution is 6.02. The molecule has 0 aliphatic carbocycles. The monoisotopic (exact) mass is 359 g/mol. The van der Waals surface area contributed by atoms with E-state index >= 15 is 0 Å². The lowest BCUT2D eigenvalue weighted by Crippen LogP contribution is -2.14. The normalized spacial score (nSPS) is 10.6. The third-order valence-electron chi connectivity index (χ3n) is 3.89. The quantitative estimate of drug-likeness (QED) is 0.572. The fraction of sp³-hybridized carbons (Fsp3) is 0. The third kappa shape index (κ3) is 3.72. The number of hydrogen-bond donors (Lipinski definition) is 2. The highest BCUT2D eigenvalue weighted by Crippen LogP contribution is 2.23. The van der Waals surface area contributed by atoms with Crippen LogP contribution >= 0.6 is 0 Å². The summed E-state index contributed by atoms with van der Waals surface area (Å²) in [6.45, 7) is 0. The first-order chi connectivity index (χ1) is 13.2. The summed E-state index contributed by atoms with van der Waals surface area (Å²) in [4.78, 5) is 16.6. The molecule has 27 heavy (non-hydrogen) atoms. The van der Waals surface area contributed by atoms with Crippen molar-refractivity contribution in [2.75, 3.05) is 10.6 Å². The topological polar surface area (TPSA) is 79.8 Å². The molecule has 132 valence electrons. The van der Waals surface area contributed by atoms with Gasteiger partial charge in [0.05, 0.1) is 11.2 Å². The number of rotatable bonds is 4. The summed E-state index contributed by atoms with van der Waals surface area (Å²) in [6.07, 6.45) is 1.72. The molecule has 0 fully saturated rings. The highest BCUT2D eigenvalue weighted by Gasteiger charge is 2.10. The zero-order valence-corrected chi connectivity index (χ0v) is 14.1. The van der Waals surface area contributed by atoms with Crippen LogP contribution in [0.3, 0.4) is 0 Å². The minimum absolute atomic E-state index is 0.154. The van der Waals surface area contributed by atoms with Gasteiger partial charge in [0.15, 0.2) is 11.5 Å². The lowest BCUT2D eigenvalue weighted by Gasteiger charge is -2.08. The van der Waals surface area contributed by atoms with Crippen LogP contribution < -0.4 is 10.6 Å². The molecule has 2 aromatic heterocycles. The van der Waals surface area contributed by atoms with E-state index in [-0.39, 0.29) is 11.5 Å². The molecule has 0 aliphatic rings. The number of para-hydroxylation sites is 1. The van der Waals surface area contributed by atoms with Crippen molar-refractivity contribution in [3.05, 3.63) is 84.4 Å². The van der Waals surface area contributed by atoms with E-state index in [0.717, 1.165) is 16.6 Å². The number of pyridine rings is 1. The maximum atomic E-state index is 12.9. The smallest absolute Gasteiger partial charge is 0.276 e. The second kappa shape index (κ2) is 7.17. The van der Waals surface area contributed by atoms with Gasteiger partial charge in [-0.3, -0.25) is 9.78 Å².